The van der Waals surface area contributed by atoms with Crippen LogP contribution < -0.4 is 5.32 Å². The maximum atomic E-state index is 13.2. The molecular weight excluding hydrogens is 665 g/mol. The van der Waals surface area contributed by atoms with E-state index in [0.717, 1.165) is 109 Å². The fourth-order valence-electron chi connectivity index (χ4n) is 6.82. The Labute approximate surface area is 326 Å². The Morgan fingerprint density at radius 3 is 1.58 bits per heavy atom. The van der Waals surface area contributed by atoms with Crippen molar-refractivity contribution in [1.29, 1.82) is 0 Å². The van der Waals surface area contributed by atoms with E-state index in [1.54, 1.807) is 0 Å². The first kappa shape index (κ1) is 48.8. The molecule has 0 aromatic carbocycles. The quantitative estimate of drug-likeness (QED) is 0.0220. The van der Waals surface area contributed by atoms with Crippen LogP contribution in [-0.4, -0.2) is 68.4 Å². The molecule has 1 heterocycles. The minimum atomic E-state index is -0.116. The van der Waals surface area contributed by atoms with E-state index in [9.17, 15) is 14.4 Å². The second-order valence-corrected chi connectivity index (χ2v) is 15.8. The van der Waals surface area contributed by atoms with Crippen LogP contribution in [0.25, 0.3) is 0 Å². The Morgan fingerprint density at radius 1 is 0.660 bits per heavy atom. The number of nitrogens with zero attached hydrogens (tertiary/aromatic N) is 1. The molecule has 1 rings (SSSR count). The Morgan fingerprint density at radius 2 is 1.11 bits per heavy atom. The van der Waals surface area contributed by atoms with Crippen molar-refractivity contribution in [2.45, 2.75) is 200 Å². The van der Waals surface area contributed by atoms with E-state index < -0.39 is 0 Å². The van der Waals surface area contributed by atoms with E-state index in [1.807, 2.05) is 19.1 Å². The van der Waals surface area contributed by atoms with Crippen molar-refractivity contribution in [3.63, 3.8) is 0 Å². The number of carbonyl (C=O) groups is 3. The molecule has 8 nitrogen and oxygen atoms in total. The van der Waals surface area contributed by atoms with E-state index in [-0.39, 0.29) is 29.9 Å². The number of esters is 3. The van der Waals surface area contributed by atoms with E-state index in [4.69, 9.17) is 14.2 Å². The number of hydrogen-bond acceptors (Lipinski definition) is 8. The van der Waals surface area contributed by atoms with Crippen molar-refractivity contribution < 1.29 is 28.6 Å². The Bertz CT molecular complexity index is 913. The summed E-state index contributed by atoms with van der Waals surface area (Å²) in [5.41, 5.74) is 0. The first-order valence-electron chi connectivity index (χ1n) is 22.0. The van der Waals surface area contributed by atoms with Crippen LogP contribution in [0.4, 0.5) is 0 Å². The summed E-state index contributed by atoms with van der Waals surface area (Å²) in [6.45, 7) is 11.5. The molecule has 1 saturated heterocycles. The van der Waals surface area contributed by atoms with Gasteiger partial charge in [0.25, 0.3) is 0 Å². The molecule has 0 aromatic heterocycles. The third-order valence-electron chi connectivity index (χ3n) is 10.2. The van der Waals surface area contributed by atoms with E-state index >= 15 is 0 Å². The minimum absolute atomic E-state index is 0.0528. The molecule has 53 heavy (non-hydrogen) atoms. The number of hydrogen-bond donors (Lipinski definition) is 1. The molecule has 1 fully saturated rings. The van der Waals surface area contributed by atoms with Gasteiger partial charge >= 0.3 is 17.9 Å². The monoisotopic (exact) mass is 747 g/mol. The Hall–Kier alpha value is -2.19. The summed E-state index contributed by atoms with van der Waals surface area (Å²) in [5, 5.41) is 3.35. The van der Waals surface area contributed by atoms with Crippen LogP contribution in [0.15, 0.2) is 24.3 Å². The number of allylic oxidation sites excluding steroid dienone is 2. The second-order valence-electron chi connectivity index (χ2n) is 15.8. The molecule has 0 aromatic rings. The number of nitrogens with one attached hydrogen (secondary N) is 1. The Balaban J connectivity index is 2.31. The van der Waals surface area contributed by atoms with Crippen molar-refractivity contribution in [3.8, 4) is 0 Å². The van der Waals surface area contributed by atoms with Gasteiger partial charge in [-0.05, 0) is 83.6 Å². The van der Waals surface area contributed by atoms with Gasteiger partial charge in [-0.2, -0.15) is 0 Å². The van der Waals surface area contributed by atoms with E-state index in [2.05, 4.69) is 50.2 Å². The molecule has 0 amide bonds. The lowest BCUT2D eigenvalue weighted by atomic mass is 9.96. The number of ether oxygens (including phenoxy) is 3. The van der Waals surface area contributed by atoms with Gasteiger partial charge in [0, 0.05) is 25.9 Å². The summed E-state index contributed by atoms with van der Waals surface area (Å²) in [7, 11) is 2.14. The zero-order valence-corrected chi connectivity index (χ0v) is 35.0. The van der Waals surface area contributed by atoms with Gasteiger partial charge in [0.05, 0.1) is 12.1 Å². The van der Waals surface area contributed by atoms with Crippen molar-refractivity contribution in [2.75, 3.05) is 33.4 Å². The molecule has 1 aliphatic rings. The highest BCUT2D eigenvalue weighted by Crippen LogP contribution is 2.21. The molecule has 0 saturated carbocycles. The molecule has 0 bridgehead atoms. The first-order valence-corrected chi connectivity index (χ1v) is 22.0. The van der Waals surface area contributed by atoms with E-state index in [0.29, 0.717) is 38.1 Å². The maximum absolute atomic E-state index is 13.2. The molecule has 0 spiro atoms. The van der Waals surface area contributed by atoms with Gasteiger partial charge in [-0.3, -0.25) is 24.6 Å². The van der Waals surface area contributed by atoms with Gasteiger partial charge in [-0.15, -0.1) is 0 Å². The first-order chi connectivity index (χ1) is 25.8. The van der Waals surface area contributed by atoms with Crippen molar-refractivity contribution >= 4 is 17.9 Å². The van der Waals surface area contributed by atoms with Crippen LogP contribution in [0.3, 0.4) is 0 Å². The van der Waals surface area contributed by atoms with Crippen LogP contribution in [0, 0.1) is 11.8 Å². The van der Waals surface area contributed by atoms with Crippen molar-refractivity contribution in [1.82, 2.24) is 10.2 Å². The van der Waals surface area contributed by atoms with Crippen molar-refractivity contribution in [3.05, 3.63) is 24.3 Å². The van der Waals surface area contributed by atoms with Gasteiger partial charge in [0.2, 0.25) is 0 Å². The number of unbranched alkanes of at least 4 members (excludes halogenated alkanes) is 16. The molecule has 1 N–H and O–H groups in total. The summed E-state index contributed by atoms with van der Waals surface area (Å²) < 4.78 is 16.9. The summed E-state index contributed by atoms with van der Waals surface area (Å²) in [5.74, 6) is 0.0246. The van der Waals surface area contributed by atoms with Crippen molar-refractivity contribution in [2.24, 2.45) is 11.8 Å². The van der Waals surface area contributed by atoms with Crippen LogP contribution in [0.1, 0.15) is 188 Å². The maximum Gasteiger partial charge on any atom is 0.308 e. The number of carbonyl (C=O) groups excluding carboxylic acids is 3. The summed E-state index contributed by atoms with van der Waals surface area (Å²) in [6, 6.07) is 0. The molecule has 3 atom stereocenters. The zero-order valence-electron chi connectivity index (χ0n) is 35.0. The summed E-state index contributed by atoms with van der Waals surface area (Å²) in [6.07, 6.45) is 34.3. The van der Waals surface area contributed by atoms with Crippen LogP contribution in [0.2, 0.25) is 0 Å². The predicted molar refractivity (Wildman–Crippen MR) is 220 cm³/mol. The van der Waals surface area contributed by atoms with Crippen LogP contribution in [-0.2, 0) is 28.6 Å². The highest BCUT2D eigenvalue weighted by Gasteiger charge is 2.27. The highest BCUT2D eigenvalue weighted by molar-refractivity contribution is 5.72. The Kier molecular flexibility index (Phi) is 31.6. The smallest absolute Gasteiger partial charge is 0.308 e. The average molecular weight is 747 g/mol. The van der Waals surface area contributed by atoms with Gasteiger partial charge in [-0.25, -0.2) is 0 Å². The van der Waals surface area contributed by atoms with Gasteiger partial charge in [0.15, 0.2) is 0 Å². The fraction of sp³-hybridized carbons (Fsp3) is 0.844. The third-order valence-corrected chi connectivity index (χ3v) is 10.2. The number of rotatable bonds is 37. The second kappa shape index (κ2) is 34.3. The van der Waals surface area contributed by atoms with Gasteiger partial charge in [-0.1, -0.05) is 129 Å². The molecular formula is C45H82N2O6. The highest BCUT2D eigenvalue weighted by atomic mass is 16.5. The molecule has 308 valence electrons. The SMILES string of the molecule is CCCCCC/C=C\COC(=O)CCCCCCCC(CCCCCCCC(=O)OC/C=C\CCCCCC)OC(=O)C(C)CC(C)CN(C)C1CN1. The lowest BCUT2D eigenvalue weighted by molar-refractivity contribution is -0.155. The summed E-state index contributed by atoms with van der Waals surface area (Å²) >= 11 is 0. The lowest BCUT2D eigenvalue weighted by Crippen LogP contribution is -2.31. The topological polar surface area (TPSA) is 104 Å². The summed E-state index contributed by atoms with van der Waals surface area (Å²) in [4.78, 5) is 39.7. The van der Waals surface area contributed by atoms with E-state index in [1.165, 1.54) is 51.4 Å². The van der Waals surface area contributed by atoms with Crippen LogP contribution in [0.5, 0.6) is 0 Å². The predicted octanol–water partition coefficient (Wildman–Crippen LogP) is 11.0. The lowest BCUT2D eigenvalue weighted by Gasteiger charge is -2.24. The standard InChI is InChI=1S/C45H82N2O6/c1-6-8-10-12-14-22-28-34-51-43(48)32-26-20-16-18-24-30-41(53-45(50)40(4)36-39(3)38-47(5)42-37-46-42)31-25-19-17-21-27-33-44(49)52-35-29-23-15-13-11-9-7-2/h22-23,28-29,39-42,46H,6-21,24-27,30-38H2,1-5H3/b28-22-,29-23-. The normalized spacial score (nSPS) is 15.4. The average Bonchev–Trinajstić information content (AvgIpc) is 3.99. The molecule has 0 radical (unpaired) electrons. The number of likely N-dealkylation sites (N-methyl/N-ethyl adjacent to an activating group) is 1. The molecule has 1 aliphatic heterocycles. The molecule has 0 aliphatic carbocycles. The third kappa shape index (κ3) is 30.8. The largest absolute Gasteiger partial charge is 0.462 e. The zero-order chi connectivity index (χ0) is 38.8. The molecule has 8 heteroatoms. The van der Waals surface area contributed by atoms with Gasteiger partial charge < -0.3 is 14.2 Å². The fourth-order valence-corrected chi connectivity index (χ4v) is 6.82. The molecule has 3 unspecified atom stereocenters. The minimum Gasteiger partial charge on any atom is -0.462 e. The van der Waals surface area contributed by atoms with Gasteiger partial charge in [0.1, 0.15) is 19.3 Å². The van der Waals surface area contributed by atoms with Crippen LogP contribution >= 0.6 is 0 Å².